The highest BCUT2D eigenvalue weighted by molar-refractivity contribution is 7.98. The molecule has 1 atom stereocenters. The van der Waals surface area contributed by atoms with Gasteiger partial charge in [-0.3, -0.25) is 0 Å². The van der Waals surface area contributed by atoms with E-state index in [1.807, 2.05) is 23.9 Å². The van der Waals surface area contributed by atoms with Crippen molar-refractivity contribution in [3.05, 3.63) is 28.8 Å². The third kappa shape index (κ3) is 5.09. The molecule has 0 amide bonds. The number of rotatable bonds is 8. The SMILES string of the molecule is CCNC(C)c1ccc(OCCCSC)c(Cl)c1. The van der Waals surface area contributed by atoms with Gasteiger partial charge in [0.1, 0.15) is 5.75 Å². The second-order valence-corrected chi connectivity index (χ2v) is 5.56. The average Bonchev–Trinajstić information content (AvgIpc) is 2.36. The maximum atomic E-state index is 6.23. The smallest absolute Gasteiger partial charge is 0.137 e. The molecule has 0 heterocycles. The summed E-state index contributed by atoms with van der Waals surface area (Å²) in [7, 11) is 0. The molecular formula is C14H22ClNOS. The zero-order valence-corrected chi connectivity index (χ0v) is 12.9. The molecule has 0 aliphatic carbocycles. The van der Waals surface area contributed by atoms with Gasteiger partial charge in [0, 0.05) is 6.04 Å². The van der Waals surface area contributed by atoms with Crippen LogP contribution in [0, 0.1) is 0 Å². The molecule has 0 saturated heterocycles. The summed E-state index contributed by atoms with van der Waals surface area (Å²) >= 11 is 8.06. The molecule has 0 bridgehead atoms. The second-order valence-electron chi connectivity index (χ2n) is 4.16. The van der Waals surface area contributed by atoms with Crippen molar-refractivity contribution in [1.29, 1.82) is 0 Å². The molecule has 4 heteroatoms. The number of nitrogens with one attached hydrogen (secondary N) is 1. The highest BCUT2D eigenvalue weighted by atomic mass is 35.5. The minimum Gasteiger partial charge on any atom is -0.492 e. The summed E-state index contributed by atoms with van der Waals surface area (Å²) in [6.45, 7) is 5.91. The summed E-state index contributed by atoms with van der Waals surface area (Å²) in [5.74, 6) is 1.90. The fraction of sp³-hybridized carbons (Fsp3) is 0.571. The van der Waals surface area contributed by atoms with Gasteiger partial charge in [-0.05, 0) is 49.6 Å². The molecule has 0 fully saturated rings. The minimum atomic E-state index is 0.318. The number of halogens is 1. The lowest BCUT2D eigenvalue weighted by Gasteiger charge is -2.14. The third-order valence-corrected chi connectivity index (χ3v) is 3.71. The van der Waals surface area contributed by atoms with Crippen LogP contribution in [0.4, 0.5) is 0 Å². The highest BCUT2D eigenvalue weighted by Gasteiger charge is 2.07. The molecule has 0 spiro atoms. The van der Waals surface area contributed by atoms with Gasteiger partial charge in [0.05, 0.1) is 11.6 Å². The Kier molecular flexibility index (Phi) is 7.56. The Balaban J connectivity index is 2.56. The monoisotopic (exact) mass is 287 g/mol. The summed E-state index contributed by atoms with van der Waals surface area (Å²) in [5.41, 5.74) is 1.19. The van der Waals surface area contributed by atoms with E-state index < -0.39 is 0 Å². The quantitative estimate of drug-likeness (QED) is 0.726. The number of ether oxygens (including phenoxy) is 1. The Hall–Kier alpha value is -0.380. The summed E-state index contributed by atoms with van der Waals surface area (Å²) in [4.78, 5) is 0. The van der Waals surface area contributed by atoms with Gasteiger partial charge in [-0.1, -0.05) is 24.6 Å². The first-order valence-electron chi connectivity index (χ1n) is 6.33. The Morgan fingerprint density at radius 1 is 1.44 bits per heavy atom. The maximum absolute atomic E-state index is 6.23. The molecule has 1 aromatic rings. The van der Waals surface area contributed by atoms with Crippen LogP contribution in [0.3, 0.4) is 0 Å². The second kappa shape index (κ2) is 8.68. The van der Waals surface area contributed by atoms with Crippen LogP contribution in [0.2, 0.25) is 5.02 Å². The summed E-state index contributed by atoms with van der Waals surface area (Å²) in [5, 5.41) is 4.06. The topological polar surface area (TPSA) is 21.3 Å². The first-order valence-corrected chi connectivity index (χ1v) is 8.10. The summed E-state index contributed by atoms with van der Waals surface area (Å²) < 4.78 is 5.67. The van der Waals surface area contributed by atoms with Crippen LogP contribution >= 0.6 is 23.4 Å². The fourth-order valence-electron chi connectivity index (χ4n) is 1.71. The highest BCUT2D eigenvalue weighted by Crippen LogP contribution is 2.28. The van der Waals surface area contributed by atoms with Gasteiger partial charge < -0.3 is 10.1 Å². The fourth-order valence-corrected chi connectivity index (χ4v) is 2.36. The Bertz CT molecular complexity index is 360. The average molecular weight is 288 g/mol. The van der Waals surface area contributed by atoms with E-state index in [0.29, 0.717) is 11.1 Å². The van der Waals surface area contributed by atoms with Crippen LogP contribution < -0.4 is 10.1 Å². The number of hydrogen-bond donors (Lipinski definition) is 1. The maximum Gasteiger partial charge on any atom is 0.137 e. The molecule has 18 heavy (non-hydrogen) atoms. The van der Waals surface area contributed by atoms with E-state index in [2.05, 4.69) is 31.5 Å². The van der Waals surface area contributed by atoms with Gasteiger partial charge in [0.15, 0.2) is 0 Å². The number of hydrogen-bond acceptors (Lipinski definition) is 3. The lowest BCUT2D eigenvalue weighted by Crippen LogP contribution is -2.17. The molecule has 0 aromatic heterocycles. The van der Waals surface area contributed by atoms with Crippen molar-refractivity contribution >= 4 is 23.4 Å². The molecule has 1 rings (SSSR count). The van der Waals surface area contributed by atoms with Crippen LogP contribution in [0.25, 0.3) is 0 Å². The lowest BCUT2D eigenvalue weighted by molar-refractivity contribution is 0.319. The van der Waals surface area contributed by atoms with Crippen molar-refractivity contribution in [2.45, 2.75) is 26.3 Å². The normalized spacial score (nSPS) is 12.4. The van der Waals surface area contributed by atoms with Crippen molar-refractivity contribution < 1.29 is 4.74 Å². The van der Waals surface area contributed by atoms with E-state index in [-0.39, 0.29) is 0 Å². The van der Waals surface area contributed by atoms with Gasteiger partial charge in [-0.25, -0.2) is 0 Å². The van der Waals surface area contributed by atoms with E-state index in [9.17, 15) is 0 Å². The van der Waals surface area contributed by atoms with Gasteiger partial charge in [-0.2, -0.15) is 11.8 Å². The molecule has 0 aliphatic heterocycles. The Morgan fingerprint density at radius 2 is 2.22 bits per heavy atom. The van der Waals surface area contributed by atoms with Crippen LogP contribution in [-0.4, -0.2) is 25.2 Å². The van der Waals surface area contributed by atoms with E-state index in [1.165, 1.54) is 5.56 Å². The van der Waals surface area contributed by atoms with Crippen LogP contribution in [-0.2, 0) is 0 Å². The first-order chi connectivity index (χ1) is 8.69. The predicted molar refractivity (Wildman–Crippen MR) is 82.0 cm³/mol. The van der Waals surface area contributed by atoms with Crippen molar-refractivity contribution in [2.24, 2.45) is 0 Å². The van der Waals surface area contributed by atoms with Crippen LogP contribution in [0.1, 0.15) is 31.9 Å². The van der Waals surface area contributed by atoms with Crippen molar-refractivity contribution in [3.63, 3.8) is 0 Å². The standard InChI is InChI=1S/C14H22ClNOS/c1-4-16-11(2)12-6-7-14(13(15)10-12)17-8-5-9-18-3/h6-7,10-11,16H,4-5,8-9H2,1-3H3. The van der Waals surface area contributed by atoms with E-state index >= 15 is 0 Å². The van der Waals surface area contributed by atoms with E-state index in [0.717, 1.165) is 31.1 Å². The first kappa shape index (κ1) is 15.7. The molecular weight excluding hydrogens is 266 g/mol. The number of benzene rings is 1. The molecule has 1 unspecified atom stereocenters. The Labute approximate surface area is 119 Å². The molecule has 102 valence electrons. The third-order valence-electron chi connectivity index (χ3n) is 2.72. The van der Waals surface area contributed by atoms with Gasteiger partial charge in [-0.15, -0.1) is 0 Å². The molecule has 0 saturated carbocycles. The van der Waals surface area contributed by atoms with Crippen molar-refractivity contribution in [1.82, 2.24) is 5.32 Å². The molecule has 0 radical (unpaired) electrons. The summed E-state index contributed by atoms with van der Waals surface area (Å²) in [6.07, 6.45) is 3.15. The lowest BCUT2D eigenvalue weighted by atomic mass is 10.1. The molecule has 1 N–H and O–H groups in total. The largest absolute Gasteiger partial charge is 0.492 e. The Morgan fingerprint density at radius 3 is 2.83 bits per heavy atom. The van der Waals surface area contributed by atoms with Gasteiger partial charge in [0.2, 0.25) is 0 Å². The van der Waals surface area contributed by atoms with Gasteiger partial charge >= 0.3 is 0 Å². The summed E-state index contributed by atoms with van der Waals surface area (Å²) in [6, 6.07) is 6.34. The van der Waals surface area contributed by atoms with Crippen LogP contribution in [0.15, 0.2) is 18.2 Å². The van der Waals surface area contributed by atoms with E-state index in [4.69, 9.17) is 16.3 Å². The van der Waals surface area contributed by atoms with Crippen molar-refractivity contribution in [3.8, 4) is 5.75 Å². The predicted octanol–water partition coefficient (Wildman–Crippen LogP) is 4.14. The zero-order valence-electron chi connectivity index (χ0n) is 11.3. The zero-order chi connectivity index (χ0) is 13.4. The van der Waals surface area contributed by atoms with Gasteiger partial charge in [0.25, 0.3) is 0 Å². The van der Waals surface area contributed by atoms with Crippen molar-refractivity contribution in [2.75, 3.05) is 25.2 Å². The van der Waals surface area contributed by atoms with E-state index in [1.54, 1.807) is 0 Å². The molecule has 1 aromatic carbocycles. The number of thioether (sulfide) groups is 1. The minimum absolute atomic E-state index is 0.318. The molecule has 2 nitrogen and oxygen atoms in total. The molecule has 0 aliphatic rings. The van der Waals surface area contributed by atoms with Crippen LogP contribution in [0.5, 0.6) is 5.75 Å².